The molecule has 8 heteroatoms. The first-order valence-electron chi connectivity index (χ1n) is 9.50. The van der Waals surface area contributed by atoms with Crippen LogP contribution in [0.4, 0.5) is 16.0 Å². The molecule has 1 aliphatic heterocycles. The number of thioether (sulfide) groups is 1. The smallest absolute Gasteiger partial charge is 0.234 e. The van der Waals surface area contributed by atoms with Gasteiger partial charge >= 0.3 is 0 Å². The van der Waals surface area contributed by atoms with Gasteiger partial charge in [0.1, 0.15) is 5.82 Å². The molecule has 1 N–H and O–H groups in total. The number of halogens is 1. The van der Waals surface area contributed by atoms with E-state index in [0.717, 1.165) is 42.6 Å². The molecule has 4 rings (SSSR count). The van der Waals surface area contributed by atoms with Crippen molar-refractivity contribution in [1.82, 2.24) is 14.8 Å². The molecular weight excluding hydrogens is 365 g/mol. The molecule has 1 saturated carbocycles. The predicted octanol–water partition coefficient (Wildman–Crippen LogP) is 3.78. The van der Waals surface area contributed by atoms with E-state index in [2.05, 4.69) is 25.0 Å². The maximum Gasteiger partial charge on any atom is 0.234 e. The highest BCUT2D eigenvalue weighted by Gasteiger charge is 2.32. The number of aromatic nitrogens is 3. The Bertz CT molecular complexity index is 830. The van der Waals surface area contributed by atoms with Gasteiger partial charge in [-0.25, -0.2) is 4.39 Å². The third-order valence-electron chi connectivity index (χ3n) is 4.93. The highest BCUT2D eigenvalue weighted by Crippen LogP contribution is 2.41. The Hall–Kier alpha value is -2.09. The Morgan fingerprint density at radius 2 is 2.04 bits per heavy atom. The summed E-state index contributed by atoms with van der Waals surface area (Å²) in [7, 11) is 0. The van der Waals surface area contributed by atoms with Crippen LogP contribution in [0.25, 0.3) is 0 Å². The van der Waals surface area contributed by atoms with Gasteiger partial charge in [0.15, 0.2) is 5.16 Å². The minimum Gasteiger partial charge on any atom is -0.341 e. The molecule has 1 saturated heterocycles. The molecule has 27 heavy (non-hydrogen) atoms. The Morgan fingerprint density at radius 3 is 2.74 bits per heavy atom. The summed E-state index contributed by atoms with van der Waals surface area (Å²) in [5, 5.41) is 12.2. The summed E-state index contributed by atoms with van der Waals surface area (Å²) in [6, 6.07) is 5.23. The van der Waals surface area contributed by atoms with Crippen molar-refractivity contribution in [2.24, 2.45) is 0 Å². The van der Waals surface area contributed by atoms with Crippen molar-refractivity contribution in [3.8, 4) is 0 Å². The average Bonchev–Trinajstić information content (AvgIpc) is 3.42. The van der Waals surface area contributed by atoms with Crippen molar-refractivity contribution < 1.29 is 9.18 Å². The molecule has 1 amide bonds. The van der Waals surface area contributed by atoms with Gasteiger partial charge in [0.2, 0.25) is 11.9 Å². The van der Waals surface area contributed by atoms with Gasteiger partial charge in [0.25, 0.3) is 0 Å². The highest BCUT2D eigenvalue weighted by molar-refractivity contribution is 7.99. The highest BCUT2D eigenvalue weighted by atomic mass is 32.2. The molecule has 0 spiro atoms. The van der Waals surface area contributed by atoms with Crippen LogP contribution in [0.3, 0.4) is 0 Å². The van der Waals surface area contributed by atoms with E-state index in [1.807, 2.05) is 6.92 Å². The lowest BCUT2D eigenvalue weighted by molar-refractivity contribution is -0.113. The minimum absolute atomic E-state index is 0.179. The van der Waals surface area contributed by atoms with Gasteiger partial charge in [0.05, 0.1) is 11.4 Å². The maximum atomic E-state index is 13.9. The molecular formula is C19H24FN5OS. The minimum atomic E-state index is -0.415. The average molecular weight is 390 g/mol. The Kier molecular flexibility index (Phi) is 5.33. The second kappa shape index (κ2) is 7.88. The van der Waals surface area contributed by atoms with E-state index in [0.29, 0.717) is 6.04 Å². The van der Waals surface area contributed by atoms with E-state index in [-0.39, 0.29) is 17.3 Å². The number of carbonyl (C=O) groups is 1. The fraction of sp³-hybridized carbons (Fsp3) is 0.526. The number of nitrogens with zero attached hydrogens (tertiary/aromatic N) is 4. The molecule has 6 nitrogen and oxygen atoms in total. The van der Waals surface area contributed by atoms with Crippen molar-refractivity contribution in [1.29, 1.82) is 0 Å². The number of hydrogen-bond acceptors (Lipinski definition) is 5. The van der Waals surface area contributed by atoms with Gasteiger partial charge in [-0.2, -0.15) is 0 Å². The van der Waals surface area contributed by atoms with Gasteiger partial charge in [-0.15, -0.1) is 10.2 Å². The second-order valence-electron chi connectivity index (χ2n) is 7.25. The van der Waals surface area contributed by atoms with Crippen LogP contribution < -0.4 is 10.2 Å². The Morgan fingerprint density at radius 1 is 1.26 bits per heavy atom. The first-order chi connectivity index (χ1) is 13.1. The third kappa shape index (κ3) is 4.26. The van der Waals surface area contributed by atoms with Gasteiger partial charge < -0.3 is 10.2 Å². The van der Waals surface area contributed by atoms with Crippen LogP contribution in [-0.2, 0) is 4.79 Å². The van der Waals surface area contributed by atoms with Crippen LogP contribution >= 0.6 is 11.8 Å². The molecule has 0 atom stereocenters. The van der Waals surface area contributed by atoms with Crippen LogP contribution in [-0.4, -0.2) is 39.5 Å². The van der Waals surface area contributed by atoms with Crippen molar-refractivity contribution in [3.05, 3.63) is 29.6 Å². The zero-order valence-corrected chi connectivity index (χ0v) is 16.3. The Balaban J connectivity index is 1.42. The van der Waals surface area contributed by atoms with Crippen molar-refractivity contribution in [3.63, 3.8) is 0 Å². The van der Waals surface area contributed by atoms with Gasteiger partial charge in [-0.1, -0.05) is 17.8 Å². The normalized spacial score (nSPS) is 17.2. The summed E-state index contributed by atoms with van der Waals surface area (Å²) in [5.41, 5.74) is 1.03. The summed E-state index contributed by atoms with van der Waals surface area (Å²) < 4.78 is 16.1. The number of aryl methyl sites for hydroxylation is 1. The number of amides is 1. The van der Waals surface area contributed by atoms with Gasteiger partial charge in [-0.05, 0) is 56.7 Å². The SMILES string of the molecule is Cc1ccc(NC(=O)CSc2nnc(N3CCCCC3)n2C2CC2)c(F)c1. The number of benzene rings is 1. The molecule has 0 radical (unpaired) electrons. The summed E-state index contributed by atoms with van der Waals surface area (Å²) in [6.07, 6.45) is 5.90. The van der Waals surface area contributed by atoms with E-state index in [4.69, 9.17) is 0 Å². The van der Waals surface area contributed by atoms with Crippen LogP contribution in [0, 0.1) is 12.7 Å². The second-order valence-corrected chi connectivity index (χ2v) is 8.19. The molecule has 1 aromatic carbocycles. The van der Waals surface area contributed by atoms with Crippen molar-refractivity contribution >= 4 is 29.3 Å². The molecule has 2 fully saturated rings. The molecule has 0 unspecified atom stereocenters. The van der Waals surface area contributed by atoms with Gasteiger partial charge in [-0.3, -0.25) is 9.36 Å². The number of nitrogens with one attached hydrogen (secondary N) is 1. The van der Waals surface area contributed by atoms with Crippen LogP contribution in [0.15, 0.2) is 23.4 Å². The first kappa shape index (κ1) is 18.3. The van der Waals surface area contributed by atoms with E-state index >= 15 is 0 Å². The first-order valence-corrected chi connectivity index (χ1v) is 10.5. The predicted molar refractivity (Wildman–Crippen MR) is 105 cm³/mol. The van der Waals surface area contributed by atoms with Crippen molar-refractivity contribution in [2.75, 3.05) is 29.1 Å². The summed E-state index contributed by atoms with van der Waals surface area (Å²) >= 11 is 1.36. The molecule has 2 heterocycles. The van der Waals surface area contributed by atoms with E-state index in [1.54, 1.807) is 12.1 Å². The lowest BCUT2D eigenvalue weighted by Gasteiger charge is -2.27. The maximum absolute atomic E-state index is 13.9. The van der Waals surface area contributed by atoms with Crippen molar-refractivity contribution in [2.45, 2.75) is 50.2 Å². The van der Waals surface area contributed by atoms with E-state index in [1.165, 1.54) is 37.1 Å². The zero-order chi connectivity index (χ0) is 18.8. The molecule has 144 valence electrons. The third-order valence-corrected chi connectivity index (χ3v) is 5.87. The molecule has 1 aliphatic carbocycles. The molecule has 0 bridgehead atoms. The summed E-state index contributed by atoms with van der Waals surface area (Å²) in [5.74, 6) is 0.456. The van der Waals surface area contributed by atoms with Crippen LogP contribution in [0.1, 0.15) is 43.7 Å². The number of hydrogen-bond donors (Lipinski definition) is 1. The quantitative estimate of drug-likeness (QED) is 0.762. The molecule has 2 aromatic rings. The van der Waals surface area contributed by atoms with Gasteiger partial charge in [0, 0.05) is 19.1 Å². The number of rotatable bonds is 6. The lowest BCUT2D eigenvalue weighted by atomic mass is 10.1. The summed E-state index contributed by atoms with van der Waals surface area (Å²) in [4.78, 5) is 14.6. The summed E-state index contributed by atoms with van der Waals surface area (Å²) in [6.45, 7) is 3.85. The van der Waals surface area contributed by atoms with E-state index in [9.17, 15) is 9.18 Å². The largest absolute Gasteiger partial charge is 0.341 e. The number of piperidine rings is 1. The molecule has 2 aliphatic rings. The lowest BCUT2D eigenvalue weighted by Crippen LogP contribution is -2.32. The fourth-order valence-corrected chi connectivity index (χ4v) is 4.17. The number of carbonyl (C=O) groups excluding carboxylic acids is 1. The topological polar surface area (TPSA) is 63.1 Å². The standard InChI is InChI=1S/C19H24FN5OS/c1-13-5-8-16(15(20)11-13)21-17(26)12-27-19-23-22-18(25(19)14-6-7-14)24-9-3-2-4-10-24/h5,8,11,14H,2-4,6-7,9-10,12H2,1H3,(H,21,26). The zero-order valence-electron chi connectivity index (χ0n) is 15.4. The fourth-order valence-electron chi connectivity index (χ4n) is 3.37. The Labute approximate surface area is 162 Å². The van der Waals surface area contributed by atoms with Crippen LogP contribution in [0.2, 0.25) is 0 Å². The molecule has 1 aromatic heterocycles. The van der Waals surface area contributed by atoms with Crippen LogP contribution in [0.5, 0.6) is 0 Å². The number of anilines is 2. The monoisotopic (exact) mass is 389 g/mol. The van der Waals surface area contributed by atoms with E-state index < -0.39 is 5.82 Å².